The van der Waals surface area contributed by atoms with Crippen molar-refractivity contribution in [3.05, 3.63) is 82.6 Å². The Kier molecular flexibility index (Phi) is 5.56. The van der Waals surface area contributed by atoms with E-state index in [0.29, 0.717) is 22.9 Å². The number of aromatic nitrogens is 4. The first-order valence-corrected chi connectivity index (χ1v) is 9.09. The van der Waals surface area contributed by atoms with Gasteiger partial charge in [0.15, 0.2) is 0 Å². The molecule has 2 aromatic carbocycles. The molecular weight excluding hydrogens is 402 g/mol. The number of hydrogen-bond donors (Lipinski definition) is 1. The Morgan fingerprint density at radius 1 is 1.13 bits per heavy atom. The monoisotopic (exact) mass is 417 g/mol. The molecule has 11 nitrogen and oxygen atoms in total. The van der Waals surface area contributed by atoms with Crippen LogP contribution in [0.25, 0.3) is 22.7 Å². The smallest absolute Gasteiger partial charge is 0.280 e. The molecule has 0 radical (unpaired) electrons. The maximum atomic E-state index is 12.0. The van der Waals surface area contributed by atoms with Crippen LogP contribution in [0.5, 0.6) is 0 Å². The SMILES string of the molecule is O=C(Cn1nnc(-c2ccccc2)n1)N/N=C/c1ccc(-c2ccccc2[N+](=O)[O-])o1. The second kappa shape index (κ2) is 8.78. The van der Waals surface area contributed by atoms with E-state index in [9.17, 15) is 14.9 Å². The topological polar surface area (TPSA) is 141 Å². The number of tetrazole rings is 1. The highest BCUT2D eigenvalue weighted by Crippen LogP contribution is 2.30. The van der Waals surface area contributed by atoms with Crippen LogP contribution in [0.3, 0.4) is 0 Å². The Hall–Kier alpha value is -4.67. The van der Waals surface area contributed by atoms with E-state index in [-0.39, 0.29) is 12.2 Å². The number of nitrogens with one attached hydrogen (secondary N) is 1. The first-order chi connectivity index (χ1) is 15.1. The van der Waals surface area contributed by atoms with Gasteiger partial charge in [-0.2, -0.15) is 9.90 Å². The summed E-state index contributed by atoms with van der Waals surface area (Å²) in [5.74, 6) is 0.591. The van der Waals surface area contributed by atoms with Gasteiger partial charge in [0, 0.05) is 11.6 Å². The normalized spacial score (nSPS) is 11.0. The van der Waals surface area contributed by atoms with Gasteiger partial charge in [-0.25, -0.2) is 5.43 Å². The molecule has 2 heterocycles. The van der Waals surface area contributed by atoms with Gasteiger partial charge in [0.1, 0.15) is 18.1 Å². The van der Waals surface area contributed by atoms with E-state index in [1.807, 2.05) is 30.3 Å². The lowest BCUT2D eigenvalue weighted by molar-refractivity contribution is -0.384. The number of benzene rings is 2. The average Bonchev–Trinajstić information content (AvgIpc) is 3.44. The number of hydrogen-bond acceptors (Lipinski definition) is 8. The second-order valence-electron chi connectivity index (χ2n) is 6.28. The Labute approximate surface area is 175 Å². The summed E-state index contributed by atoms with van der Waals surface area (Å²) in [5, 5.41) is 26.9. The summed E-state index contributed by atoms with van der Waals surface area (Å²) in [7, 11) is 0. The summed E-state index contributed by atoms with van der Waals surface area (Å²) >= 11 is 0. The molecule has 0 fully saturated rings. The zero-order valence-electron chi connectivity index (χ0n) is 16.0. The standard InChI is InChI=1S/C20H15N7O4/c28-19(13-26-24-20(23-25-26)14-6-2-1-3-7-14)22-21-12-15-10-11-18(31-15)16-8-4-5-9-17(16)27(29)30/h1-12H,13H2,(H,22,28)/b21-12+. The molecule has 0 saturated carbocycles. The van der Waals surface area contributed by atoms with Crippen molar-refractivity contribution in [2.75, 3.05) is 0 Å². The zero-order chi connectivity index (χ0) is 21.6. The number of amides is 1. The lowest BCUT2D eigenvalue weighted by Crippen LogP contribution is -2.24. The molecule has 0 aliphatic rings. The van der Waals surface area contributed by atoms with Gasteiger partial charge >= 0.3 is 0 Å². The van der Waals surface area contributed by atoms with E-state index in [1.54, 1.807) is 30.3 Å². The second-order valence-corrected chi connectivity index (χ2v) is 6.28. The molecule has 31 heavy (non-hydrogen) atoms. The maximum Gasteiger partial charge on any atom is 0.280 e. The number of para-hydroxylation sites is 1. The van der Waals surface area contributed by atoms with E-state index in [1.165, 1.54) is 12.3 Å². The minimum atomic E-state index is -0.479. The van der Waals surface area contributed by atoms with E-state index in [4.69, 9.17) is 4.42 Å². The molecule has 0 aliphatic heterocycles. The number of nitro groups is 1. The largest absolute Gasteiger partial charge is 0.455 e. The van der Waals surface area contributed by atoms with Crippen molar-refractivity contribution >= 4 is 17.8 Å². The van der Waals surface area contributed by atoms with Gasteiger partial charge in [-0.05, 0) is 23.4 Å². The molecule has 0 spiro atoms. The fraction of sp³-hybridized carbons (Fsp3) is 0.0500. The predicted molar refractivity (Wildman–Crippen MR) is 110 cm³/mol. The molecule has 0 saturated heterocycles. The summed E-state index contributed by atoms with van der Waals surface area (Å²) in [6.45, 7) is -0.170. The third kappa shape index (κ3) is 4.67. The van der Waals surface area contributed by atoms with Crippen molar-refractivity contribution in [2.45, 2.75) is 6.54 Å². The number of hydrazone groups is 1. The highest BCUT2D eigenvalue weighted by Gasteiger charge is 2.16. The van der Waals surface area contributed by atoms with E-state index in [2.05, 4.69) is 25.9 Å². The van der Waals surface area contributed by atoms with Crippen molar-refractivity contribution < 1.29 is 14.1 Å². The molecule has 1 N–H and O–H groups in total. The van der Waals surface area contributed by atoms with Gasteiger partial charge in [-0.3, -0.25) is 14.9 Å². The van der Waals surface area contributed by atoms with Crippen molar-refractivity contribution in [3.8, 4) is 22.7 Å². The van der Waals surface area contributed by atoms with Gasteiger partial charge in [0.2, 0.25) is 5.82 Å². The first-order valence-electron chi connectivity index (χ1n) is 9.09. The summed E-state index contributed by atoms with van der Waals surface area (Å²) in [6.07, 6.45) is 1.29. The van der Waals surface area contributed by atoms with Crippen LogP contribution in [0, 0.1) is 10.1 Å². The van der Waals surface area contributed by atoms with E-state index in [0.717, 1.165) is 10.4 Å². The highest BCUT2D eigenvalue weighted by atomic mass is 16.6. The molecular formula is C20H15N7O4. The van der Waals surface area contributed by atoms with Crippen molar-refractivity contribution in [3.63, 3.8) is 0 Å². The summed E-state index contributed by atoms with van der Waals surface area (Å²) in [4.78, 5) is 23.9. The average molecular weight is 417 g/mol. The molecule has 4 aromatic rings. The Bertz CT molecular complexity index is 1250. The maximum absolute atomic E-state index is 12.0. The molecule has 4 rings (SSSR count). The van der Waals surface area contributed by atoms with Crippen LogP contribution in [0.15, 0.2) is 76.2 Å². The minimum absolute atomic E-state index is 0.0659. The number of rotatable bonds is 7. The highest BCUT2D eigenvalue weighted by molar-refractivity contribution is 5.81. The van der Waals surface area contributed by atoms with Gasteiger partial charge in [-0.1, -0.05) is 42.5 Å². The van der Waals surface area contributed by atoms with Gasteiger partial charge in [-0.15, -0.1) is 10.2 Å². The third-order valence-corrected chi connectivity index (χ3v) is 4.14. The quantitative estimate of drug-likeness (QED) is 0.277. The lowest BCUT2D eigenvalue weighted by Gasteiger charge is -1.99. The Morgan fingerprint density at radius 2 is 1.90 bits per heavy atom. The first kappa shape index (κ1) is 19.6. The fourth-order valence-corrected chi connectivity index (χ4v) is 2.75. The van der Waals surface area contributed by atoms with Crippen LogP contribution in [0.2, 0.25) is 0 Å². The lowest BCUT2D eigenvalue weighted by atomic mass is 10.1. The third-order valence-electron chi connectivity index (χ3n) is 4.14. The van der Waals surface area contributed by atoms with Crippen molar-refractivity contribution in [1.82, 2.24) is 25.6 Å². The molecule has 0 unspecified atom stereocenters. The molecule has 1 amide bonds. The molecule has 154 valence electrons. The number of nitro benzene ring substituents is 1. The number of carbonyl (C=O) groups excluding carboxylic acids is 1. The molecule has 0 bridgehead atoms. The van der Waals surface area contributed by atoms with Gasteiger partial charge in [0.05, 0.1) is 16.7 Å². The van der Waals surface area contributed by atoms with Crippen LogP contribution in [0.4, 0.5) is 5.69 Å². The molecule has 2 aromatic heterocycles. The van der Waals surface area contributed by atoms with Crippen LogP contribution in [-0.4, -0.2) is 37.3 Å². The van der Waals surface area contributed by atoms with Crippen LogP contribution >= 0.6 is 0 Å². The zero-order valence-corrected chi connectivity index (χ0v) is 16.0. The Morgan fingerprint density at radius 3 is 2.71 bits per heavy atom. The molecule has 11 heteroatoms. The number of carbonyl (C=O) groups is 1. The van der Waals surface area contributed by atoms with Crippen molar-refractivity contribution in [1.29, 1.82) is 0 Å². The van der Waals surface area contributed by atoms with Crippen molar-refractivity contribution in [2.24, 2.45) is 5.10 Å². The minimum Gasteiger partial charge on any atom is -0.455 e. The van der Waals surface area contributed by atoms with E-state index < -0.39 is 10.8 Å². The Balaban J connectivity index is 1.36. The van der Waals surface area contributed by atoms with Crippen LogP contribution < -0.4 is 5.43 Å². The fourth-order valence-electron chi connectivity index (χ4n) is 2.75. The van der Waals surface area contributed by atoms with Crippen LogP contribution in [0.1, 0.15) is 5.76 Å². The number of nitrogens with zero attached hydrogens (tertiary/aromatic N) is 6. The summed E-state index contributed by atoms with van der Waals surface area (Å²) in [6, 6.07) is 18.7. The van der Waals surface area contributed by atoms with Crippen LogP contribution in [-0.2, 0) is 11.3 Å². The predicted octanol–water partition coefficient (Wildman–Crippen LogP) is 2.66. The number of furan rings is 1. The van der Waals surface area contributed by atoms with Gasteiger partial charge in [0.25, 0.3) is 11.6 Å². The molecule has 0 atom stereocenters. The van der Waals surface area contributed by atoms with Gasteiger partial charge < -0.3 is 4.42 Å². The van der Waals surface area contributed by atoms with E-state index >= 15 is 0 Å². The molecule has 0 aliphatic carbocycles. The summed E-state index contributed by atoms with van der Waals surface area (Å²) in [5.41, 5.74) is 3.42. The summed E-state index contributed by atoms with van der Waals surface area (Å²) < 4.78 is 5.57.